The fourth-order valence-electron chi connectivity index (χ4n) is 1.55. The van der Waals surface area contributed by atoms with Gasteiger partial charge in [0.2, 0.25) is 0 Å². The lowest BCUT2D eigenvalue weighted by Gasteiger charge is -2.02. The molecule has 0 spiro atoms. The molecule has 30 heavy (non-hydrogen) atoms. The maximum atomic E-state index is 11.3. The number of aromatic carboxylic acids is 1. The Morgan fingerprint density at radius 1 is 0.867 bits per heavy atom. The summed E-state index contributed by atoms with van der Waals surface area (Å²) in [6.07, 6.45) is 9.61. The molecule has 1 amide bonds. The highest BCUT2D eigenvalue weighted by atomic mass is 16.4. The summed E-state index contributed by atoms with van der Waals surface area (Å²) in [6.45, 7) is 0.473. The highest BCUT2D eigenvalue weighted by molar-refractivity contribution is 5.95. The molecule has 2 aromatic rings. The van der Waals surface area contributed by atoms with Gasteiger partial charge >= 0.3 is 5.97 Å². The lowest BCUT2D eigenvalue weighted by atomic mass is 10.2. The molecule has 0 atom stereocenters. The number of phenols is 4. The first kappa shape index (κ1) is 27.9. The van der Waals surface area contributed by atoms with Crippen molar-refractivity contribution in [2.24, 2.45) is 5.73 Å². The summed E-state index contributed by atoms with van der Waals surface area (Å²) in [7, 11) is 0. The van der Waals surface area contributed by atoms with Gasteiger partial charge in [0, 0.05) is 5.56 Å². The largest absolute Gasteiger partial charge is 0.504 e. The van der Waals surface area contributed by atoms with Crippen LogP contribution in [0.4, 0.5) is 0 Å². The van der Waals surface area contributed by atoms with E-state index in [1.165, 1.54) is 24.3 Å². The standard InChI is InChI=1S/C10H9NO3.C7H6O4.C3H5N.CH4/c1-2-5-11-10(14)7-3-4-8(12)9(13)6-7;8-5-2-1-4(7(10)11)3-6(5)9;1-2-3-4;/h1,3-4,6,12-13H,5H2,(H,11,14);1-3,8-9H,(H,10,11);1H,3-4H2;1H4. The minimum Gasteiger partial charge on any atom is -0.504 e. The van der Waals surface area contributed by atoms with Gasteiger partial charge in [-0.25, -0.2) is 4.79 Å². The van der Waals surface area contributed by atoms with E-state index >= 15 is 0 Å². The van der Waals surface area contributed by atoms with Gasteiger partial charge in [0.25, 0.3) is 5.91 Å². The van der Waals surface area contributed by atoms with Gasteiger partial charge in [0.05, 0.1) is 18.7 Å². The predicted octanol–water partition coefficient (Wildman–Crippen LogP) is 1.47. The molecule has 0 saturated carbocycles. The van der Waals surface area contributed by atoms with Gasteiger partial charge in [0.15, 0.2) is 23.0 Å². The average Bonchev–Trinajstić information content (AvgIpc) is 2.70. The van der Waals surface area contributed by atoms with Crippen molar-refractivity contribution in [3.63, 3.8) is 0 Å². The number of hydrogen-bond donors (Lipinski definition) is 7. The second kappa shape index (κ2) is 14.7. The Labute approximate surface area is 174 Å². The van der Waals surface area contributed by atoms with E-state index in [0.717, 1.165) is 12.1 Å². The molecule has 8 N–H and O–H groups in total. The van der Waals surface area contributed by atoms with Crippen LogP contribution in [0.25, 0.3) is 0 Å². The first-order valence-electron chi connectivity index (χ1n) is 7.80. The van der Waals surface area contributed by atoms with Gasteiger partial charge in [-0.1, -0.05) is 19.3 Å². The van der Waals surface area contributed by atoms with E-state index in [-0.39, 0.29) is 42.3 Å². The monoisotopic (exact) mass is 416 g/mol. The highest BCUT2D eigenvalue weighted by Crippen LogP contribution is 2.25. The molecule has 0 aliphatic rings. The van der Waals surface area contributed by atoms with Gasteiger partial charge in [-0.15, -0.1) is 12.8 Å². The maximum absolute atomic E-state index is 11.3. The number of carbonyl (C=O) groups excluding carboxylic acids is 1. The third kappa shape index (κ3) is 10.1. The van der Waals surface area contributed by atoms with Crippen LogP contribution in [0, 0.1) is 24.7 Å². The molecule has 0 heterocycles. The molecule has 0 radical (unpaired) electrons. The molecule has 9 nitrogen and oxygen atoms in total. The van der Waals surface area contributed by atoms with E-state index in [0.29, 0.717) is 6.54 Å². The Kier molecular flexibility index (Phi) is 13.6. The van der Waals surface area contributed by atoms with E-state index in [1.807, 2.05) is 0 Å². The summed E-state index contributed by atoms with van der Waals surface area (Å²) in [5.41, 5.74) is 4.98. The Bertz CT molecular complexity index is 928. The van der Waals surface area contributed by atoms with Crippen molar-refractivity contribution in [2.45, 2.75) is 7.43 Å². The number of carboxylic acid groups (broad SMARTS) is 1. The number of amides is 1. The van der Waals surface area contributed by atoms with Crippen molar-refractivity contribution in [3.05, 3.63) is 47.5 Å². The highest BCUT2D eigenvalue weighted by Gasteiger charge is 2.07. The van der Waals surface area contributed by atoms with E-state index in [2.05, 4.69) is 23.6 Å². The Balaban J connectivity index is 0. The van der Waals surface area contributed by atoms with Crippen LogP contribution < -0.4 is 11.1 Å². The number of benzene rings is 2. The molecule has 0 fully saturated rings. The van der Waals surface area contributed by atoms with Crippen LogP contribution in [0.5, 0.6) is 23.0 Å². The summed E-state index contributed by atoms with van der Waals surface area (Å²) in [6, 6.07) is 7.11. The molecule has 0 aliphatic carbocycles. The molecule has 2 aromatic carbocycles. The van der Waals surface area contributed by atoms with Crippen molar-refractivity contribution in [2.75, 3.05) is 13.1 Å². The molecule has 0 aliphatic heterocycles. The van der Waals surface area contributed by atoms with E-state index in [9.17, 15) is 9.59 Å². The molecule has 0 saturated heterocycles. The number of aromatic hydroxyl groups is 4. The van der Waals surface area contributed by atoms with Crippen LogP contribution in [0.15, 0.2) is 36.4 Å². The van der Waals surface area contributed by atoms with E-state index in [4.69, 9.17) is 37.7 Å². The third-order valence-electron chi connectivity index (χ3n) is 2.93. The lowest BCUT2D eigenvalue weighted by Crippen LogP contribution is -2.23. The number of rotatable bonds is 3. The molecule has 0 aromatic heterocycles. The molecule has 0 unspecified atom stereocenters. The zero-order valence-electron chi connectivity index (χ0n) is 15.2. The molecule has 0 bridgehead atoms. The number of nitrogens with one attached hydrogen (secondary N) is 1. The average molecular weight is 416 g/mol. The molecular formula is C21H24N2O7. The Morgan fingerprint density at radius 2 is 1.30 bits per heavy atom. The summed E-state index contributed by atoms with van der Waals surface area (Å²) < 4.78 is 0. The summed E-state index contributed by atoms with van der Waals surface area (Å²) in [4.78, 5) is 21.5. The lowest BCUT2D eigenvalue weighted by molar-refractivity contribution is 0.0696. The SMILES string of the molecule is C.C#CCN.C#CCNC(=O)c1ccc(O)c(O)c1.O=C(O)c1ccc(O)c(O)c1. The van der Waals surface area contributed by atoms with Crippen molar-refractivity contribution in [3.8, 4) is 47.7 Å². The smallest absolute Gasteiger partial charge is 0.335 e. The van der Waals surface area contributed by atoms with Crippen LogP contribution in [0.1, 0.15) is 28.1 Å². The summed E-state index contributed by atoms with van der Waals surface area (Å²) in [5, 5.41) is 46.5. The van der Waals surface area contributed by atoms with Crippen molar-refractivity contribution < 1.29 is 35.1 Å². The van der Waals surface area contributed by atoms with Crippen LogP contribution in [0.3, 0.4) is 0 Å². The van der Waals surface area contributed by atoms with Crippen molar-refractivity contribution in [1.82, 2.24) is 5.32 Å². The van der Waals surface area contributed by atoms with Crippen LogP contribution in [0.2, 0.25) is 0 Å². The van der Waals surface area contributed by atoms with Crippen LogP contribution in [-0.2, 0) is 0 Å². The molecule has 160 valence electrons. The fourth-order valence-corrected chi connectivity index (χ4v) is 1.55. The van der Waals surface area contributed by atoms with Gasteiger partial charge in [-0.3, -0.25) is 4.79 Å². The zero-order chi connectivity index (χ0) is 22.4. The van der Waals surface area contributed by atoms with Gasteiger partial charge in [-0.05, 0) is 36.4 Å². The zero-order valence-corrected chi connectivity index (χ0v) is 15.2. The number of hydrogen-bond acceptors (Lipinski definition) is 7. The normalized spacial score (nSPS) is 8.37. The minimum atomic E-state index is -1.14. The van der Waals surface area contributed by atoms with Gasteiger partial charge in [-0.2, -0.15) is 0 Å². The maximum Gasteiger partial charge on any atom is 0.335 e. The van der Waals surface area contributed by atoms with E-state index < -0.39 is 17.6 Å². The summed E-state index contributed by atoms with van der Waals surface area (Å²) >= 11 is 0. The first-order valence-corrected chi connectivity index (χ1v) is 7.80. The molecular weight excluding hydrogens is 392 g/mol. The molecule has 2 rings (SSSR count). The number of phenolic OH excluding ortho intramolecular Hbond substituents is 4. The van der Waals surface area contributed by atoms with Crippen LogP contribution >= 0.6 is 0 Å². The topological polar surface area (TPSA) is 173 Å². The number of nitrogens with two attached hydrogens (primary N) is 1. The van der Waals surface area contributed by atoms with Crippen molar-refractivity contribution in [1.29, 1.82) is 0 Å². The minimum absolute atomic E-state index is 0. The second-order valence-electron chi connectivity index (χ2n) is 5.01. The Morgan fingerprint density at radius 3 is 1.67 bits per heavy atom. The number of terminal acetylenes is 2. The fraction of sp³-hybridized carbons (Fsp3) is 0.143. The van der Waals surface area contributed by atoms with Gasteiger partial charge in [0.1, 0.15) is 0 Å². The van der Waals surface area contributed by atoms with E-state index in [1.54, 1.807) is 0 Å². The molecule has 9 heteroatoms. The second-order valence-corrected chi connectivity index (χ2v) is 5.01. The van der Waals surface area contributed by atoms with Gasteiger partial charge < -0.3 is 36.6 Å². The number of carboxylic acids is 1. The third-order valence-corrected chi connectivity index (χ3v) is 2.93. The van der Waals surface area contributed by atoms with Crippen molar-refractivity contribution >= 4 is 11.9 Å². The Hall–Kier alpha value is -4.34. The predicted molar refractivity (Wildman–Crippen MR) is 112 cm³/mol. The summed E-state index contributed by atoms with van der Waals surface area (Å²) in [5.74, 6) is 1.58. The number of carbonyl (C=O) groups is 2. The van der Waals surface area contributed by atoms with Crippen LogP contribution in [-0.4, -0.2) is 50.5 Å². The quantitative estimate of drug-likeness (QED) is 0.291. The first-order chi connectivity index (χ1) is 13.7.